The van der Waals surface area contributed by atoms with Crippen LogP contribution in [0, 0.1) is 11.3 Å². The van der Waals surface area contributed by atoms with Gasteiger partial charge in [0.05, 0.1) is 18.2 Å². The molecule has 0 heterocycles. The highest BCUT2D eigenvalue weighted by atomic mass is 16.5. The van der Waals surface area contributed by atoms with E-state index in [-0.39, 0.29) is 0 Å². The highest BCUT2D eigenvalue weighted by Gasteiger charge is 2.01. The van der Waals surface area contributed by atoms with Gasteiger partial charge in [-0.1, -0.05) is 26.3 Å². The van der Waals surface area contributed by atoms with Crippen LogP contribution in [-0.4, -0.2) is 31.1 Å². The highest BCUT2D eigenvalue weighted by Crippen LogP contribution is 2.12. The van der Waals surface area contributed by atoms with Crippen molar-refractivity contribution in [2.24, 2.45) is 0 Å². The van der Waals surface area contributed by atoms with Crippen molar-refractivity contribution in [2.75, 3.05) is 26.2 Å². The molecule has 0 aliphatic rings. The lowest BCUT2D eigenvalue weighted by atomic mass is 10.2. The van der Waals surface area contributed by atoms with Crippen molar-refractivity contribution in [1.82, 2.24) is 4.90 Å². The average molecular weight is 260 g/mol. The fourth-order valence-corrected chi connectivity index (χ4v) is 1.94. The van der Waals surface area contributed by atoms with E-state index in [0.29, 0.717) is 12.2 Å². The first-order valence-electron chi connectivity index (χ1n) is 7.15. The molecule has 0 atom stereocenters. The molecule has 1 aromatic carbocycles. The molecule has 0 saturated carbocycles. The summed E-state index contributed by atoms with van der Waals surface area (Å²) in [5, 5.41) is 8.81. The number of hydrogen-bond donors (Lipinski definition) is 0. The summed E-state index contributed by atoms with van der Waals surface area (Å²) in [6.07, 6.45) is 3.53. The van der Waals surface area contributed by atoms with Crippen LogP contribution in [0.2, 0.25) is 0 Å². The van der Waals surface area contributed by atoms with Gasteiger partial charge in [0.2, 0.25) is 0 Å². The third-order valence-corrected chi connectivity index (χ3v) is 3.13. The first-order chi connectivity index (χ1) is 9.30. The molecule has 3 nitrogen and oxygen atoms in total. The predicted octanol–water partition coefficient (Wildman–Crippen LogP) is 3.45. The van der Waals surface area contributed by atoms with Crippen molar-refractivity contribution in [3.63, 3.8) is 0 Å². The minimum atomic E-state index is 0.649. The van der Waals surface area contributed by atoms with Gasteiger partial charge in [0.1, 0.15) is 5.75 Å². The van der Waals surface area contributed by atoms with E-state index >= 15 is 0 Å². The molecule has 104 valence electrons. The van der Waals surface area contributed by atoms with Crippen LogP contribution >= 0.6 is 0 Å². The van der Waals surface area contributed by atoms with E-state index in [2.05, 4.69) is 24.8 Å². The molecule has 0 aromatic heterocycles. The standard InChI is InChI=1S/C16H24N2O/c1-3-5-10-18(4-2)11-7-12-19-16-9-6-8-15(13-16)14-17/h6,8-9,13H,3-5,7,10-12H2,1-2H3. The van der Waals surface area contributed by atoms with E-state index < -0.39 is 0 Å². The molecular weight excluding hydrogens is 236 g/mol. The van der Waals surface area contributed by atoms with Crippen LogP contribution in [0.25, 0.3) is 0 Å². The van der Waals surface area contributed by atoms with Crippen molar-refractivity contribution in [3.05, 3.63) is 29.8 Å². The zero-order chi connectivity index (χ0) is 13.9. The molecule has 1 aromatic rings. The summed E-state index contributed by atoms with van der Waals surface area (Å²) in [5.41, 5.74) is 0.649. The molecule has 0 aliphatic heterocycles. The van der Waals surface area contributed by atoms with Crippen molar-refractivity contribution in [3.8, 4) is 11.8 Å². The quantitative estimate of drug-likeness (QED) is 0.638. The molecule has 0 spiro atoms. The van der Waals surface area contributed by atoms with Crippen LogP contribution in [0.3, 0.4) is 0 Å². The summed E-state index contributed by atoms with van der Waals surface area (Å²) in [5.74, 6) is 0.788. The lowest BCUT2D eigenvalue weighted by molar-refractivity contribution is 0.239. The van der Waals surface area contributed by atoms with Crippen molar-refractivity contribution in [1.29, 1.82) is 5.26 Å². The number of nitrogens with zero attached hydrogens (tertiary/aromatic N) is 2. The van der Waals surface area contributed by atoms with Gasteiger partial charge >= 0.3 is 0 Å². The molecule has 0 aliphatic carbocycles. The number of benzene rings is 1. The second kappa shape index (κ2) is 9.41. The first kappa shape index (κ1) is 15.5. The molecule has 0 radical (unpaired) electrons. The molecule has 0 amide bonds. The SMILES string of the molecule is CCCCN(CC)CCCOc1cccc(C#N)c1. The Hall–Kier alpha value is -1.53. The number of rotatable bonds is 9. The molecule has 0 unspecified atom stereocenters. The lowest BCUT2D eigenvalue weighted by Gasteiger charge is -2.19. The fourth-order valence-electron chi connectivity index (χ4n) is 1.94. The van der Waals surface area contributed by atoms with E-state index in [9.17, 15) is 0 Å². The van der Waals surface area contributed by atoms with E-state index in [1.165, 1.54) is 19.4 Å². The van der Waals surface area contributed by atoms with Gasteiger partial charge in [-0.2, -0.15) is 5.26 Å². The first-order valence-corrected chi connectivity index (χ1v) is 7.15. The summed E-state index contributed by atoms with van der Waals surface area (Å²) >= 11 is 0. The molecule has 0 N–H and O–H groups in total. The van der Waals surface area contributed by atoms with Crippen molar-refractivity contribution < 1.29 is 4.74 Å². The zero-order valence-corrected chi connectivity index (χ0v) is 12.1. The second-order valence-electron chi connectivity index (χ2n) is 4.63. The van der Waals surface area contributed by atoms with E-state index in [1.807, 2.05) is 12.1 Å². The Kier molecular flexibility index (Phi) is 7.69. The molecule has 3 heteroatoms. The molecule has 0 fully saturated rings. The summed E-state index contributed by atoms with van der Waals surface area (Å²) in [4.78, 5) is 2.46. The zero-order valence-electron chi connectivity index (χ0n) is 12.1. The van der Waals surface area contributed by atoms with E-state index in [4.69, 9.17) is 10.00 Å². The van der Waals surface area contributed by atoms with Crippen LogP contribution in [0.15, 0.2) is 24.3 Å². The average Bonchev–Trinajstić information content (AvgIpc) is 2.47. The highest BCUT2D eigenvalue weighted by molar-refractivity contribution is 5.36. The van der Waals surface area contributed by atoms with Crippen molar-refractivity contribution >= 4 is 0 Å². The molecule has 0 bridgehead atoms. The normalized spacial score (nSPS) is 10.4. The largest absolute Gasteiger partial charge is 0.494 e. The number of nitriles is 1. The summed E-state index contributed by atoms with van der Waals surface area (Å²) < 4.78 is 5.67. The van der Waals surface area contributed by atoms with E-state index in [0.717, 1.165) is 25.3 Å². The van der Waals surface area contributed by atoms with Gasteiger partial charge in [0.15, 0.2) is 0 Å². The van der Waals surface area contributed by atoms with Gasteiger partial charge in [-0.05, 0) is 44.1 Å². The Balaban J connectivity index is 2.24. The molecule has 1 rings (SSSR count). The minimum Gasteiger partial charge on any atom is -0.494 e. The molecular formula is C16H24N2O. The summed E-state index contributed by atoms with van der Waals surface area (Å²) in [6, 6.07) is 9.45. The maximum Gasteiger partial charge on any atom is 0.120 e. The fraction of sp³-hybridized carbons (Fsp3) is 0.562. The summed E-state index contributed by atoms with van der Waals surface area (Å²) in [6.45, 7) is 8.48. The third kappa shape index (κ3) is 6.26. The lowest BCUT2D eigenvalue weighted by Crippen LogP contribution is -2.26. The maximum absolute atomic E-state index is 8.81. The predicted molar refractivity (Wildman–Crippen MR) is 78.3 cm³/mol. The van der Waals surface area contributed by atoms with Gasteiger partial charge in [0, 0.05) is 6.54 Å². The Bertz CT molecular complexity index is 398. The van der Waals surface area contributed by atoms with Crippen LogP contribution in [-0.2, 0) is 0 Å². The topological polar surface area (TPSA) is 36.3 Å². The number of hydrogen-bond acceptors (Lipinski definition) is 3. The summed E-state index contributed by atoms with van der Waals surface area (Å²) in [7, 11) is 0. The van der Waals surface area contributed by atoms with Crippen LogP contribution in [0.1, 0.15) is 38.7 Å². The van der Waals surface area contributed by atoms with Gasteiger partial charge in [-0.15, -0.1) is 0 Å². The Labute approximate surface area is 116 Å². The second-order valence-corrected chi connectivity index (χ2v) is 4.63. The third-order valence-electron chi connectivity index (χ3n) is 3.13. The van der Waals surface area contributed by atoms with Crippen LogP contribution in [0.4, 0.5) is 0 Å². The van der Waals surface area contributed by atoms with Crippen LogP contribution in [0.5, 0.6) is 5.75 Å². The van der Waals surface area contributed by atoms with Gasteiger partial charge in [-0.3, -0.25) is 0 Å². The molecule has 19 heavy (non-hydrogen) atoms. The Morgan fingerprint density at radius 1 is 1.21 bits per heavy atom. The number of unbranched alkanes of at least 4 members (excludes halogenated alkanes) is 1. The van der Waals surface area contributed by atoms with Gasteiger partial charge in [-0.25, -0.2) is 0 Å². The Morgan fingerprint density at radius 2 is 2.00 bits per heavy atom. The number of ether oxygens (including phenoxy) is 1. The monoisotopic (exact) mass is 260 g/mol. The minimum absolute atomic E-state index is 0.649. The van der Waals surface area contributed by atoms with Crippen molar-refractivity contribution in [2.45, 2.75) is 33.1 Å². The molecule has 0 saturated heterocycles. The van der Waals surface area contributed by atoms with E-state index in [1.54, 1.807) is 12.1 Å². The maximum atomic E-state index is 8.81. The van der Waals surface area contributed by atoms with Crippen LogP contribution < -0.4 is 4.74 Å². The van der Waals surface area contributed by atoms with Gasteiger partial charge < -0.3 is 9.64 Å². The smallest absolute Gasteiger partial charge is 0.120 e. The van der Waals surface area contributed by atoms with Gasteiger partial charge in [0.25, 0.3) is 0 Å². The Morgan fingerprint density at radius 3 is 2.68 bits per heavy atom.